The summed E-state index contributed by atoms with van der Waals surface area (Å²) in [5.41, 5.74) is 2.64. The van der Waals surface area contributed by atoms with E-state index in [-0.39, 0.29) is 17.9 Å². The van der Waals surface area contributed by atoms with Crippen molar-refractivity contribution in [3.63, 3.8) is 0 Å². The number of fused-ring (bicyclic) bond motifs is 1. The summed E-state index contributed by atoms with van der Waals surface area (Å²) in [6.07, 6.45) is 5.45. The van der Waals surface area contributed by atoms with Crippen molar-refractivity contribution in [2.24, 2.45) is 5.92 Å². The number of aryl methyl sites for hydroxylation is 1. The number of nitro groups is 1. The van der Waals surface area contributed by atoms with Gasteiger partial charge in [0, 0.05) is 29.5 Å². The van der Waals surface area contributed by atoms with E-state index >= 15 is 0 Å². The predicted octanol–water partition coefficient (Wildman–Crippen LogP) is 5.13. The lowest BCUT2D eigenvalue weighted by molar-refractivity contribution is -0.389. The van der Waals surface area contributed by atoms with Crippen LogP contribution in [0, 0.1) is 16.0 Å². The van der Waals surface area contributed by atoms with Crippen LogP contribution >= 0.6 is 11.6 Å². The number of rotatable bonds is 8. The highest BCUT2D eigenvalue weighted by Crippen LogP contribution is 2.26. The van der Waals surface area contributed by atoms with Gasteiger partial charge in [-0.15, -0.1) is 0 Å². The van der Waals surface area contributed by atoms with Crippen molar-refractivity contribution in [1.82, 2.24) is 14.5 Å². The molecule has 8 nitrogen and oxygen atoms in total. The van der Waals surface area contributed by atoms with Crippen LogP contribution in [0.4, 0.5) is 5.82 Å². The summed E-state index contributed by atoms with van der Waals surface area (Å²) in [5, 5.41) is 11.7. The Kier molecular flexibility index (Phi) is 7.20. The summed E-state index contributed by atoms with van der Waals surface area (Å²) in [7, 11) is 0. The first-order valence-electron chi connectivity index (χ1n) is 12.1. The second-order valence-electron chi connectivity index (χ2n) is 9.37. The monoisotopic (exact) mass is 496 g/mol. The van der Waals surface area contributed by atoms with E-state index in [0.717, 1.165) is 43.2 Å². The van der Waals surface area contributed by atoms with Gasteiger partial charge in [0.15, 0.2) is 0 Å². The molecule has 184 valence electrons. The highest BCUT2D eigenvalue weighted by molar-refractivity contribution is 6.30. The molecule has 0 saturated carbocycles. The van der Waals surface area contributed by atoms with E-state index in [0.29, 0.717) is 19.1 Å². The second-order valence-corrected chi connectivity index (χ2v) is 9.80. The molecular formula is C26H29ClN4O4. The van der Waals surface area contributed by atoms with Crippen LogP contribution in [0.3, 0.4) is 0 Å². The van der Waals surface area contributed by atoms with E-state index < -0.39 is 4.92 Å². The first kappa shape index (κ1) is 23.6. The molecule has 0 amide bonds. The summed E-state index contributed by atoms with van der Waals surface area (Å²) >= 11 is 5.99. The Morgan fingerprint density at radius 3 is 2.46 bits per heavy atom. The first-order valence-corrected chi connectivity index (χ1v) is 12.5. The van der Waals surface area contributed by atoms with E-state index in [1.54, 1.807) is 4.57 Å². The van der Waals surface area contributed by atoms with Crippen LogP contribution in [0.5, 0.6) is 11.8 Å². The third-order valence-corrected chi connectivity index (χ3v) is 7.04. The minimum Gasteiger partial charge on any atom is -0.490 e. The molecule has 0 bridgehead atoms. The van der Waals surface area contributed by atoms with Crippen LogP contribution in [0.25, 0.3) is 0 Å². The number of benzene rings is 2. The third kappa shape index (κ3) is 6.13. The topological polar surface area (TPSA) is 82.7 Å². The van der Waals surface area contributed by atoms with Gasteiger partial charge >= 0.3 is 11.8 Å². The quantitative estimate of drug-likeness (QED) is 0.317. The maximum atomic E-state index is 10.9. The third-order valence-electron chi connectivity index (χ3n) is 6.79. The zero-order valence-electron chi connectivity index (χ0n) is 19.5. The maximum Gasteiger partial charge on any atom is 0.414 e. The van der Waals surface area contributed by atoms with E-state index in [2.05, 4.69) is 34.1 Å². The zero-order chi connectivity index (χ0) is 24.2. The van der Waals surface area contributed by atoms with Crippen LogP contribution in [-0.2, 0) is 19.5 Å². The highest BCUT2D eigenvalue weighted by Gasteiger charge is 2.28. The standard InChI is InChI=1S/C26H29ClN4O4/c27-22-5-1-21(2-6-22)16-29-12-9-20(10-13-29)15-19-3-7-23(8-4-19)34-18-24-11-14-30-17-25(31(32)33)28-26(30)35-24/h1-8,17,20,24H,9-16,18H2. The van der Waals surface area contributed by atoms with Gasteiger partial charge in [-0.25, -0.2) is 0 Å². The molecular weight excluding hydrogens is 468 g/mol. The molecule has 1 saturated heterocycles. The highest BCUT2D eigenvalue weighted by atomic mass is 35.5. The molecule has 0 N–H and O–H groups in total. The Morgan fingerprint density at radius 1 is 1.03 bits per heavy atom. The number of likely N-dealkylation sites (tertiary alicyclic amines) is 1. The summed E-state index contributed by atoms with van der Waals surface area (Å²) in [6, 6.07) is 16.7. The SMILES string of the molecule is O=[N+]([O-])c1cn2c(n1)OC(COc1ccc(CC3CCN(Cc4ccc(Cl)cc4)CC3)cc1)CC2. The van der Waals surface area contributed by atoms with Crippen LogP contribution in [0.2, 0.25) is 5.02 Å². The molecule has 2 aromatic carbocycles. The molecule has 5 rings (SSSR count). The van der Waals surface area contributed by atoms with Gasteiger partial charge in [-0.05, 0) is 78.6 Å². The lowest BCUT2D eigenvalue weighted by Gasteiger charge is -2.32. The number of halogens is 1. The minimum absolute atomic E-state index is 0.178. The summed E-state index contributed by atoms with van der Waals surface area (Å²) in [5.74, 6) is 1.31. The Labute approximate surface area is 209 Å². The largest absolute Gasteiger partial charge is 0.490 e. The van der Waals surface area contributed by atoms with Gasteiger partial charge < -0.3 is 19.6 Å². The van der Waals surface area contributed by atoms with Crippen molar-refractivity contribution in [3.05, 3.63) is 81.0 Å². The molecule has 1 atom stereocenters. The molecule has 2 aliphatic heterocycles. The van der Waals surface area contributed by atoms with Crippen molar-refractivity contribution in [3.8, 4) is 11.8 Å². The molecule has 35 heavy (non-hydrogen) atoms. The molecule has 0 aliphatic carbocycles. The van der Waals surface area contributed by atoms with Crippen molar-refractivity contribution in [2.75, 3.05) is 19.7 Å². The first-order chi connectivity index (χ1) is 17.0. The molecule has 3 aromatic rings. The average molecular weight is 497 g/mol. The van der Waals surface area contributed by atoms with Gasteiger partial charge in [0.05, 0.1) is 0 Å². The van der Waals surface area contributed by atoms with Crippen LogP contribution in [0.15, 0.2) is 54.7 Å². The van der Waals surface area contributed by atoms with Gasteiger partial charge in [0.1, 0.15) is 24.7 Å². The average Bonchev–Trinajstić information content (AvgIpc) is 3.30. The lowest BCUT2D eigenvalue weighted by atomic mass is 9.90. The minimum atomic E-state index is -0.507. The molecule has 3 heterocycles. The number of nitrogens with zero attached hydrogens (tertiary/aromatic N) is 4. The fraction of sp³-hybridized carbons (Fsp3) is 0.423. The van der Waals surface area contributed by atoms with Crippen molar-refractivity contribution in [1.29, 1.82) is 0 Å². The Bertz CT molecular complexity index is 1140. The molecule has 0 spiro atoms. The van der Waals surface area contributed by atoms with E-state index in [1.165, 1.54) is 30.2 Å². The van der Waals surface area contributed by atoms with Gasteiger partial charge in [-0.2, -0.15) is 0 Å². The Morgan fingerprint density at radius 2 is 1.74 bits per heavy atom. The van der Waals surface area contributed by atoms with E-state index in [1.807, 2.05) is 24.3 Å². The van der Waals surface area contributed by atoms with E-state index in [9.17, 15) is 10.1 Å². The number of imidazole rings is 1. The normalized spacial score (nSPS) is 18.6. The fourth-order valence-corrected chi connectivity index (χ4v) is 4.90. The van der Waals surface area contributed by atoms with Crippen molar-refractivity contribution < 1.29 is 14.4 Å². The number of hydrogen-bond acceptors (Lipinski definition) is 6. The number of ether oxygens (including phenoxy) is 2. The van der Waals surface area contributed by atoms with Crippen LogP contribution in [-0.4, -0.2) is 45.2 Å². The van der Waals surface area contributed by atoms with E-state index in [4.69, 9.17) is 21.1 Å². The molecule has 9 heteroatoms. The second kappa shape index (κ2) is 10.7. The maximum absolute atomic E-state index is 10.9. The predicted molar refractivity (Wildman–Crippen MR) is 133 cm³/mol. The molecule has 1 fully saturated rings. The summed E-state index contributed by atoms with van der Waals surface area (Å²) in [4.78, 5) is 16.8. The summed E-state index contributed by atoms with van der Waals surface area (Å²) < 4.78 is 13.4. The Balaban J connectivity index is 1.05. The fourth-order valence-electron chi connectivity index (χ4n) is 4.78. The number of aromatic nitrogens is 2. The van der Waals surface area contributed by atoms with Crippen molar-refractivity contribution >= 4 is 17.4 Å². The molecule has 0 radical (unpaired) electrons. The zero-order valence-corrected chi connectivity index (χ0v) is 20.3. The number of hydrogen-bond donors (Lipinski definition) is 0. The molecule has 1 unspecified atom stereocenters. The molecule has 2 aliphatic rings. The lowest BCUT2D eigenvalue weighted by Crippen LogP contribution is -2.33. The van der Waals surface area contributed by atoms with Crippen molar-refractivity contribution in [2.45, 2.75) is 44.9 Å². The Hall–Kier alpha value is -3.10. The number of piperidine rings is 1. The van der Waals surface area contributed by atoms with Gasteiger partial charge in [-0.3, -0.25) is 9.47 Å². The van der Waals surface area contributed by atoms with Crippen LogP contribution in [0.1, 0.15) is 30.4 Å². The molecule has 1 aromatic heterocycles. The summed E-state index contributed by atoms with van der Waals surface area (Å²) in [6.45, 7) is 4.24. The smallest absolute Gasteiger partial charge is 0.414 e. The van der Waals surface area contributed by atoms with Gasteiger partial charge in [0.25, 0.3) is 0 Å². The van der Waals surface area contributed by atoms with Crippen LogP contribution < -0.4 is 9.47 Å². The van der Waals surface area contributed by atoms with Gasteiger partial charge in [-0.1, -0.05) is 35.9 Å². The van der Waals surface area contributed by atoms with Gasteiger partial charge in [0.2, 0.25) is 0 Å².